The van der Waals surface area contributed by atoms with E-state index in [1.807, 2.05) is 12.4 Å². The van der Waals surface area contributed by atoms with Gasteiger partial charge in [0.15, 0.2) is 0 Å². The maximum absolute atomic E-state index is 4.63. The first-order valence-electron chi connectivity index (χ1n) is 16.2. The van der Waals surface area contributed by atoms with Crippen molar-refractivity contribution < 1.29 is 0 Å². The molecule has 1 aliphatic carbocycles. The summed E-state index contributed by atoms with van der Waals surface area (Å²) in [6.07, 6.45) is 6.26. The van der Waals surface area contributed by atoms with Crippen LogP contribution in [0.5, 0.6) is 0 Å². The van der Waals surface area contributed by atoms with Crippen molar-refractivity contribution in [2.75, 3.05) is 0 Å². The Morgan fingerprint density at radius 1 is 0.447 bits per heavy atom. The topological polar surface area (TPSA) is 12.9 Å². The molecule has 1 heterocycles. The second-order valence-corrected chi connectivity index (χ2v) is 12.4. The molecule has 0 radical (unpaired) electrons. The number of fused-ring (bicyclic) bond motifs is 5. The van der Waals surface area contributed by atoms with Gasteiger partial charge in [-0.3, -0.25) is 4.98 Å². The molecule has 0 spiro atoms. The first kappa shape index (κ1) is 27.3. The van der Waals surface area contributed by atoms with Gasteiger partial charge in [0.2, 0.25) is 0 Å². The molecule has 1 nitrogen and oxygen atoms in total. The molecule has 9 rings (SSSR count). The molecule has 0 amide bonds. The largest absolute Gasteiger partial charge is 0.264 e. The van der Waals surface area contributed by atoms with E-state index in [-0.39, 0.29) is 5.92 Å². The van der Waals surface area contributed by atoms with Gasteiger partial charge in [-0.15, -0.1) is 0 Å². The predicted molar refractivity (Wildman–Crippen MR) is 199 cm³/mol. The SMILES string of the molecule is C=C1c2ccc3ccccc3c2C(c2ccc(-c3ccc(-c4cccc5ccncc45)c4ccccc34)cc2)=CC1c1ccccc1. The van der Waals surface area contributed by atoms with Crippen LogP contribution in [0, 0.1) is 0 Å². The van der Waals surface area contributed by atoms with Gasteiger partial charge >= 0.3 is 0 Å². The standard InChI is InChI=1S/C46H31N/c1-30-36-23-22-32-12-5-6-14-38(32)46(36)44(28-43(30)31-10-3-2-4-11-31)35-20-18-34(19-21-35)37-24-25-42(40-16-8-7-15-39(37)40)41-17-9-13-33-26-27-47-29-45(33)41/h2-29,43H,1H2. The fourth-order valence-corrected chi connectivity index (χ4v) is 7.51. The van der Waals surface area contributed by atoms with Gasteiger partial charge < -0.3 is 0 Å². The zero-order valence-electron chi connectivity index (χ0n) is 25.9. The van der Waals surface area contributed by atoms with E-state index >= 15 is 0 Å². The van der Waals surface area contributed by atoms with Crippen LogP contribution in [0.4, 0.5) is 0 Å². The molecule has 0 saturated heterocycles. The van der Waals surface area contributed by atoms with Crippen LogP contribution < -0.4 is 0 Å². The van der Waals surface area contributed by atoms with Crippen molar-refractivity contribution in [3.8, 4) is 22.3 Å². The third kappa shape index (κ3) is 4.51. The van der Waals surface area contributed by atoms with Gasteiger partial charge in [-0.25, -0.2) is 0 Å². The second-order valence-electron chi connectivity index (χ2n) is 12.4. The van der Waals surface area contributed by atoms with Crippen molar-refractivity contribution >= 4 is 43.5 Å². The number of hydrogen-bond acceptors (Lipinski definition) is 1. The summed E-state index contributed by atoms with van der Waals surface area (Å²) in [6, 6.07) is 55.0. The van der Waals surface area contributed by atoms with Crippen LogP contribution in [-0.4, -0.2) is 4.98 Å². The molecule has 220 valence electrons. The summed E-state index contributed by atoms with van der Waals surface area (Å²) >= 11 is 0. The van der Waals surface area contributed by atoms with Crippen LogP contribution in [0.2, 0.25) is 0 Å². The summed E-state index contributed by atoms with van der Waals surface area (Å²) in [6.45, 7) is 4.63. The summed E-state index contributed by atoms with van der Waals surface area (Å²) in [4.78, 5) is 4.44. The third-order valence-electron chi connectivity index (χ3n) is 9.82. The molecule has 1 aliphatic rings. The van der Waals surface area contributed by atoms with Crippen LogP contribution in [0.25, 0.3) is 65.7 Å². The van der Waals surface area contributed by atoms with E-state index in [1.54, 1.807) is 0 Å². The molecular weight excluding hydrogens is 567 g/mol. The minimum Gasteiger partial charge on any atom is -0.264 e. The van der Waals surface area contributed by atoms with Crippen LogP contribution in [-0.2, 0) is 0 Å². The predicted octanol–water partition coefficient (Wildman–Crippen LogP) is 12.1. The number of aromatic nitrogens is 1. The molecule has 1 atom stereocenters. The van der Waals surface area contributed by atoms with Crippen molar-refractivity contribution in [3.63, 3.8) is 0 Å². The second kappa shape index (κ2) is 11.1. The summed E-state index contributed by atoms with van der Waals surface area (Å²) in [5.74, 6) is 0.111. The summed E-state index contributed by atoms with van der Waals surface area (Å²) < 4.78 is 0. The van der Waals surface area contributed by atoms with Crippen LogP contribution >= 0.6 is 0 Å². The lowest BCUT2D eigenvalue weighted by Gasteiger charge is -2.29. The molecule has 0 saturated carbocycles. The highest BCUT2D eigenvalue weighted by molar-refractivity contribution is 6.10. The fraction of sp³-hybridized carbons (Fsp3) is 0.0217. The molecule has 0 bridgehead atoms. The Balaban J connectivity index is 1.18. The third-order valence-corrected chi connectivity index (χ3v) is 9.82. The number of pyridine rings is 1. The van der Waals surface area contributed by atoms with Crippen molar-refractivity contribution in [1.29, 1.82) is 0 Å². The first-order valence-corrected chi connectivity index (χ1v) is 16.2. The molecule has 47 heavy (non-hydrogen) atoms. The van der Waals surface area contributed by atoms with Crippen LogP contribution in [0.15, 0.2) is 177 Å². The molecule has 1 heteroatoms. The molecule has 1 aromatic heterocycles. The van der Waals surface area contributed by atoms with Crippen molar-refractivity contribution in [1.82, 2.24) is 4.98 Å². The number of rotatable bonds is 4. The quantitative estimate of drug-likeness (QED) is 0.197. The minimum absolute atomic E-state index is 0.111. The highest BCUT2D eigenvalue weighted by Crippen LogP contribution is 2.47. The average molecular weight is 598 g/mol. The van der Waals surface area contributed by atoms with Crippen LogP contribution in [0.3, 0.4) is 0 Å². The Kier molecular flexibility index (Phi) is 6.43. The van der Waals surface area contributed by atoms with Gasteiger partial charge in [-0.05, 0) is 88.7 Å². The first-order chi connectivity index (χ1) is 23.2. The van der Waals surface area contributed by atoms with E-state index in [9.17, 15) is 0 Å². The van der Waals surface area contributed by atoms with E-state index < -0.39 is 0 Å². The Labute approximate surface area is 274 Å². The van der Waals surface area contributed by atoms with E-state index in [4.69, 9.17) is 0 Å². The number of nitrogens with zero attached hydrogens (tertiary/aromatic N) is 1. The highest BCUT2D eigenvalue weighted by Gasteiger charge is 2.26. The molecule has 0 fully saturated rings. The molecule has 0 aliphatic heterocycles. The van der Waals surface area contributed by atoms with E-state index in [1.165, 1.54) is 82.4 Å². The number of allylic oxidation sites excluding steroid dienone is 2. The van der Waals surface area contributed by atoms with E-state index in [0.29, 0.717) is 0 Å². The van der Waals surface area contributed by atoms with Gasteiger partial charge in [0.05, 0.1) is 0 Å². The van der Waals surface area contributed by atoms with Gasteiger partial charge in [-0.2, -0.15) is 0 Å². The van der Waals surface area contributed by atoms with Crippen molar-refractivity contribution in [2.45, 2.75) is 5.92 Å². The lowest BCUT2D eigenvalue weighted by atomic mass is 9.75. The minimum atomic E-state index is 0.111. The average Bonchev–Trinajstić information content (AvgIpc) is 3.15. The van der Waals surface area contributed by atoms with Gasteiger partial charge in [0.25, 0.3) is 0 Å². The zero-order valence-corrected chi connectivity index (χ0v) is 25.9. The van der Waals surface area contributed by atoms with Crippen LogP contribution in [0.1, 0.15) is 28.2 Å². The lowest BCUT2D eigenvalue weighted by molar-refractivity contribution is 1.09. The van der Waals surface area contributed by atoms with E-state index in [2.05, 4.69) is 169 Å². The Bertz CT molecular complexity index is 2510. The summed E-state index contributed by atoms with van der Waals surface area (Å²) in [5, 5.41) is 7.36. The number of benzene rings is 7. The lowest BCUT2D eigenvalue weighted by Crippen LogP contribution is -2.09. The molecule has 1 unspecified atom stereocenters. The molecule has 0 N–H and O–H groups in total. The van der Waals surface area contributed by atoms with Crippen molar-refractivity contribution in [3.05, 3.63) is 199 Å². The molecule has 7 aromatic carbocycles. The van der Waals surface area contributed by atoms with E-state index in [0.717, 1.165) is 5.57 Å². The maximum atomic E-state index is 4.63. The number of hydrogen-bond donors (Lipinski definition) is 0. The Morgan fingerprint density at radius 3 is 1.89 bits per heavy atom. The highest BCUT2D eigenvalue weighted by atomic mass is 14.6. The van der Waals surface area contributed by atoms with Gasteiger partial charge in [0.1, 0.15) is 0 Å². The Hall–Kier alpha value is -6.05. The molecular formula is C46H31N. The maximum Gasteiger partial charge on any atom is 0.0352 e. The smallest absolute Gasteiger partial charge is 0.0352 e. The molecule has 8 aromatic rings. The Morgan fingerprint density at radius 2 is 1.06 bits per heavy atom. The van der Waals surface area contributed by atoms with Gasteiger partial charge in [-0.1, -0.05) is 158 Å². The van der Waals surface area contributed by atoms with Crippen molar-refractivity contribution in [2.24, 2.45) is 0 Å². The summed E-state index contributed by atoms with van der Waals surface area (Å²) in [5.41, 5.74) is 12.2. The fourth-order valence-electron chi connectivity index (χ4n) is 7.51. The normalized spacial score (nSPS) is 14.3. The monoisotopic (exact) mass is 597 g/mol. The van der Waals surface area contributed by atoms with Gasteiger partial charge in [0, 0.05) is 23.7 Å². The zero-order chi connectivity index (χ0) is 31.3. The summed E-state index contributed by atoms with van der Waals surface area (Å²) in [7, 11) is 0.